The maximum absolute atomic E-state index is 4.95. The van der Waals surface area contributed by atoms with Gasteiger partial charge in [0.1, 0.15) is 0 Å². The second-order valence-corrected chi connectivity index (χ2v) is 7.18. The van der Waals surface area contributed by atoms with Crippen LogP contribution in [0.3, 0.4) is 0 Å². The zero-order valence-corrected chi connectivity index (χ0v) is 14.8. The fraction of sp³-hybridized carbons (Fsp3) is 0.824. The van der Waals surface area contributed by atoms with Crippen molar-refractivity contribution in [1.82, 2.24) is 10.3 Å². The summed E-state index contributed by atoms with van der Waals surface area (Å²) < 4.78 is 0. The monoisotopic (exact) mass is 309 g/mol. The Labute approximate surface area is 134 Å². The van der Waals surface area contributed by atoms with E-state index in [1.165, 1.54) is 60.9 Å². The van der Waals surface area contributed by atoms with Crippen molar-refractivity contribution in [3.63, 3.8) is 0 Å². The first kappa shape index (κ1) is 16.8. The Hall–Kier alpha value is -0.610. The van der Waals surface area contributed by atoms with E-state index < -0.39 is 0 Å². The molecule has 2 rings (SSSR count). The van der Waals surface area contributed by atoms with E-state index in [2.05, 4.69) is 31.0 Å². The molecule has 0 bridgehead atoms. The van der Waals surface area contributed by atoms with E-state index in [0.29, 0.717) is 0 Å². The van der Waals surface area contributed by atoms with Crippen LogP contribution in [0.15, 0.2) is 0 Å². The molecule has 1 N–H and O–H groups in total. The van der Waals surface area contributed by atoms with Gasteiger partial charge < -0.3 is 10.2 Å². The van der Waals surface area contributed by atoms with Gasteiger partial charge in [-0.1, -0.05) is 40.0 Å². The van der Waals surface area contributed by atoms with Crippen LogP contribution in [0, 0.1) is 5.92 Å². The molecule has 1 aromatic heterocycles. The van der Waals surface area contributed by atoms with Crippen LogP contribution in [0.25, 0.3) is 0 Å². The third-order valence-electron chi connectivity index (χ3n) is 4.37. The van der Waals surface area contributed by atoms with Gasteiger partial charge in [0, 0.05) is 24.5 Å². The van der Waals surface area contributed by atoms with Gasteiger partial charge in [-0.3, -0.25) is 0 Å². The molecule has 0 spiro atoms. The first-order valence-electron chi connectivity index (χ1n) is 8.72. The van der Waals surface area contributed by atoms with E-state index in [0.717, 1.165) is 25.4 Å². The Balaban J connectivity index is 1.99. The molecule has 1 saturated heterocycles. The largest absolute Gasteiger partial charge is 0.348 e. The zero-order valence-electron chi connectivity index (χ0n) is 14.0. The SMILES string of the molecule is CCCc1nc(N2CCC(CCC)CC2)sc1CNCC. The van der Waals surface area contributed by atoms with Crippen molar-refractivity contribution in [3.05, 3.63) is 10.6 Å². The highest BCUT2D eigenvalue weighted by molar-refractivity contribution is 7.15. The predicted octanol–water partition coefficient (Wildman–Crippen LogP) is 4.22. The van der Waals surface area contributed by atoms with Gasteiger partial charge in [0.15, 0.2) is 5.13 Å². The summed E-state index contributed by atoms with van der Waals surface area (Å²) in [5.74, 6) is 0.947. The Bertz CT molecular complexity index is 408. The first-order chi connectivity index (χ1) is 10.3. The summed E-state index contributed by atoms with van der Waals surface area (Å²) in [6.45, 7) is 11.1. The molecular weight excluding hydrogens is 278 g/mol. The Morgan fingerprint density at radius 2 is 1.95 bits per heavy atom. The lowest BCUT2D eigenvalue weighted by Crippen LogP contribution is -2.33. The molecule has 0 unspecified atom stereocenters. The van der Waals surface area contributed by atoms with Crippen molar-refractivity contribution >= 4 is 16.5 Å². The van der Waals surface area contributed by atoms with Crippen molar-refractivity contribution in [2.24, 2.45) is 5.92 Å². The van der Waals surface area contributed by atoms with Crippen LogP contribution in [0.4, 0.5) is 5.13 Å². The molecule has 21 heavy (non-hydrogen) atoms. The van der Waals surface area contributed by atoms with E-state index in [1.54, 1.807) is 0 Å². The number of nitrogens with one attached hydrogen (secondary N) is 1. The predicted molar refractivity (Wildman–Crippen MR) is 93.3 cm³/mol. The number of hydrogen-bond donors (Lipinski definition) is 1. The summed E-state index contributed by atoms with van der Waals surface area (Å²) in [6, 6.07) is 0. The Kier molecular flexibility index (Phi) is 6.97. The van der Waals surface area contributed by atoms with Crippen LogP contribution in [-0.2, 0) is 13.0 Å². The fourth-order valence-electron chi connectivity index (χ4n) is 3.13. The molecule has 1 fully saturated rings. The van der Waals surface area contributed by atoms with Crippen LogP contribution >= 0.6 is 11.3 Å². The second kappa shape index (κ2) is 8.74. The van der Waals surface area contributed by atoms with Gasteiger partial charge in [0.05, 0.1) is 5.69 Å². The van der Waals surface area contributed by atoms with Gasteiger partial charge in [0.2, 0.25) is 0 Å². The smallest absolute Gasteiger partial charge is 0.185 e. The molecule has 4 heteroatoms. The van der Waals surface area contributed by atoms with Gasteiger partial charge >= 0.3 is 0 Å². The van der Waals surface area contributed by atoms with Crippen LogP contribution in [0.2, 0.25) is 0 Å². The zero-order chi connectivity index (χ0) is 15.1. The summed E-state index contributed by atoms with van der Waals surface area (Å²) in [4.78, 5) is 8.92. The van der Waals surface area contributed by atoms with Gasteiger partial charge in [0.25, 0.3) is 0 Å². The molecule has 0 saturated carbocycles. The van der Waals surface area contributed by atoms with Crippen molar-refractivity contribution in [2.75, 3.05) is 24.5 Å². The minimum Gasteiger partial charge on any atom is -0.348 e. The van der Waals surface area contributed by atoms with Gasteiger partial charge in [-0.2, -0.15) is 0 Å². The van der Waals surface area contributed by atoms with Crippen LogP contribution in [-0.4, -0.2) is 24.6 Å². The molecule has 120 valence electrons. The number of piperidine rings is 1. The van der Waals surface area contributed by atoms with Crippen LogP contribution < -0.4 is 10.2 Å². The molecular formula is C17H31N3S. The Morgan fingerprint density at radius 1 is 1.19 bits per heavy atom. The van der Waals surface area contributed by atoms with Crippen molar-refractivity contribution < 1.29 is 0 Å². The molecule has 0 amide bonds. The number of anilines is 1. The number of aryl methyl sites for hydroxylation is 1. The molecule has 1 aromatic rings. The van der Waals surface area contributed by atoms with E-state index >= 15 is 0 Å². The third kappa shape index (κ3) is 4.68. The summed E-state index contributed by atoms with van der Waals surface area (Å²) in [5, 5.41) is 4.72. The van der Waals surface area contributed by atoms with Gasteiger partial charge in [-0.15, -0.1) is 11.3 Å². The highest BCUT2D eigenvalue weighted by atomic mass is 32.1. The van der Waals surface area contributed by atoms with Gasteiger partial charge in [-0.05, 0) is 31.7 Å². The summed E-state index contributed by atoms with van der Waals surface area (Å²) in [7, 11) is 0. The van der Waals surface area contributed by atoms with Crippen LogP contribution in [0.1, 0.15) is 63.4 Å². The minimum absolute atomic E-state index is 0.947. The maximum atomic E-state index is 4.95. The first-order valence-corrected chi connectivity index (χ1v) is 9.54. The molecule has 0 aliphatic carbocycles. The maximum Gasteiger partial charge on any atom is 0.185 e. The van der Waals surface area contributed by atoms with Crippen molar-refractivity contribution in [1.29, 1.82) is 0 Å². The van der Waals surface area contributed by atoms with Crippen molar-refractivity contribution in [2.45, 2.75) is 65.8 Å². The van der Waals surface area contributed by atoms with Crippen LogP contribution in [0.5, 0.6) is 0 Å². The average Bonchev–Trinajstić information content (AvgIpc) is 2.90. The summed E-state index contributed by atoms with van der Waals surface area (Å²) in [6.07, 6.45) is 7.72. The second-order valence-electron chi connectivity index (χ2n) is 6.12. The standard InChI is InChI=1S/C17H31N3S/c1-4-7-14-9-11-20(12-10-14)17-19-15(8-5-2)16(21-17)13-18-6-3/h14,18H,4-13H2,1-3H3. The lowest BCUT2D eigenvalue weighted by atomic mass is 9.93. The number of rotatable bonds is 8. The molecule has 0 radical (unpaired) electrons. The summed E-state index contributed by atoms with van der Waals surface area (Å²) >= 11 is 1.91. The normalized spacial score (nSPS) is 16.6. The molecule has 3 nitrogen and oxygen atoms in total. The lowest BCUT2D eigenvalue weighted by Gasteiger charge is -2.31. The average molecular weight is 310 g/mol. The molecule has 1 aliphatic heterocycles. The van der Waals surface area contributed by atoms with E-state index in [-0.39, 0.29) is 0 Å². The Morgan fingerprint density at radius 3 is 2.57 bits per heavy atom. The van der Waals surface area contributed by atoms with Gasteiger partial charge in [-0.25, -0.2) is 4.98 Å². The van der Waals surface area contributed by atoms with E-state index in [9.17, 15) is 0 Å². The highest BCUT2D eigenvalue weighted by Gasteiger charge is 2.22. The number of aromatic nitrogens is 1. The van der Waals surface area contributed by atoms with E-state index in [4.69, 9.17) is 4.98 Å². The molecule has 2 heterocycles. The fourth-order valence-corrected chi connectivity index (χ4v) is 4.26. The highest BCUT2D eigenvalue weighted by Crippen LogP contribution is 2.31. The topological polar surface area (TPSA) is 28.2 Å². The molecule has 0 atom stereocenters. The molecule has 0 aromatic carbocycles. The number of hydrogen-bond acceptors (Lipinski definition) is 4. The quantitative estimate of drug-likeness (QED) is 0.779. The number of thiazole rings is 1. The number of nitrogens with zero attached hydrogens (tertiary/aromatic N) is 2. The van der Waals surface area contributed by atoms with E-state index in [1.807, 2.05) is 11.3 Å². The summed E-state index contributed by atoms with van der Waals surface area (Å²) in [5.41, 5.74) is 1.33. The third-order valence-corrected chi connectivity index (χ3v) is 5.53. The molecule has 1 aliphatic rings. The lowest BCUT2D eigenvalue weighted by molar-refractivity contribution is 0.378. The minimum atomic E-state index is 0.947. The van der Waals surface area contributed by atoms with Crippen molar-refractivity contribution in [3.8, 4) is 0 Å².